The van der Waals surface area contributed by atoms with Crippen LogP contribution in [-0.4, -0.2) is 49.1 Å². The standard InChI is InChI=1S/C16H27N3/c1-14-5-7-15(8-6-14)12-19-10-3-4-16(13-19)18(2)11-9-17/h5-8,16H,3-4,9-13,17H2,1-2H3. The molecule has 0 aliphatic carbocycles. The Morgan fingerprint density at radius 3 is 2.74 bits per heavy atom. The zero-order valence-electron chi connectivity index (χ0n) is 12.3. The molecule has 1 aliphatic rings. The van der Waals surface area contributed by atoms with Crippen LogP contribution in [0.1, 0.15) is 24.0 Å². The minimum absolute atomic E-state index is 0.669. The molecule has 1 unspecified atom stereocenters. The Bertz CT molecular complexity index is 374. The molecule has 0 amide bonds. The summed E-state index contributed by atoms with van der Waals surface area (Å²) in [7, 11) is 2.20. The van der Waals surface area contributed by atoms with Crippen LogP contribution in [0.15, 0.2) is 24.3 Å². The number of nitrogens with two attached hydrogens (primary N) is 1. The number of likely N-dealkylation sites (tertiary alicyclic amines) is 1. The summed E-state index contributed by atoms with van der Waals surface area (Å²) in [5.74, 6) is 0. The summed E-state index contributed by atoms with van der Waals surface area (Å²) >= 11 is 0. The molecule has 3 heteroatoms. The third-order valence-corrected chi connectivity index (χ3v) is 4.11. The van der Waals surface area contributed by atoms with E-state index in [1.165, 1.54) is 37.1 Å². The lowest BCUT2D eigenvalue weighted by molar-refractivity contribution is 0.113. The number of piperidine rings is 1. The minimum Gasteiger partial charge on any atom is -0.329 e. The molecule has 0 aromatic heterocycles. The van der Waals surface area contributed by atoms with Crippen molar-refractivity contribution in [3.05, 3.63) is 35.4 Å². The fraction of sp³-hybridized carbons (Fsp3) is 0.625. The van der Waals surface area contributed by atoms with Gasteiger partial charge in [0.05, 0.1) is 0 Å². The molecule has 0 spiro atoms. The molecule has 1 aromatic rings. The lowest BCUT2D eigenvalue weighted by atomic mass is 10.0. The number of aryl methyl sites for hydroxylation is 1. The first-order valence-corrected chi connectivity index (χ1v) is 7.37. The van der Waals surface area contributed by atoms with E-state index in [1.807, 2.05) is 0 Å². The Morgan fingerprint density at radius 2 is 2.05 bits per heavy atom. The predicted molar refractivity (Wildman–Crippen MR) is 81.2 cm³/mol. The molecule has 1 heterocycles. The molecule has 1 aromatic carbocycles. The van der Waals surface area contributed by atoms with Crippen LogP contribution in [-0.2, 0) is 6.54 Å². The summed E-state index contributed by atoms with van der Waals surface area (Å²) in [5, 5.41) is 0. The lowest BCUT2D eigenvalue weighted by Gasteiger charge is -2.37. The lowest BCUT2D eigenvalue weighted by Crippen LogP contribution is -2.47. The Morgan fingerprint density at radius 1 is 1.32 bits per heavy atom. The maximum absolute atomic E-state index is 5.65. The summed E-state index contributed by atoms with van der Waals surface area (Å²) in [6.45, 7) is 7.37. The molecule has 1 fully saturated rings. The van der Waals surface area contributed by atoms with E-state index in [0.717, 1.165) is 19.6 Å². The number of likely N-dealkylation sites (N-methyl/N-ethyl adjacent to an activating group) is 1. The molecule has 1 atom stereocenters. The van der Waals surface area contributed by atoms with Crippen molar-refractivity contribution in [2.24, 2.45) is 5.73 Å². The highest BCUT2D eigenvalue weighted by Crippen LogP contribution is 2.17. The van der Waals surface area contributed by atoms with Crippen LogP contribution in [0, 0.1) is 6.92 Å². The first-order valence-electron chi connectivity index (χ1n) is 7.37. The Labute approximate surface area is 117 Å². The summed E-state index contributed by atoms with van der Waals surface area (Å²) in [6, 6.07) is 9.59. The molecule has 0 saturated carbocycles. The van der Waals surface area contributed by atoms with Gasteiger partial charge in [0, 0.05) is 32.2 Å². The van der Waals surface area contributed by atoms with Crippen molar-refractivity contribution in [2.75, 3.05) is 33.2 Å². The van der Waals surface area contributed by atoms with Gasteiger partial charge in [-0.25, -0.2) is 0 Å². The van der Waals surface area contributed by atoms with Gasteiger partial charge in [0.25, 0.3) is 0 Å². The number of benzene rings is 1. The van der Waals surface area contributed by atoms with Gasteiger partial charge >= 0.3 is 0 Å². The maximum atomic E-state index is 5.65. The van der Waals surface area contributed by atoms with Crippen molar-refractivity contribution >= 4 is 0 Å². The number of nitrogens with zero attached hydrogens (tertiary/aromatic N) is 2. The molecule has 2 N–H and O–H groups in total. The Hall–Kier alpha value is -0.900. The van der Waals surface area contributed by atoms with Crippen molar-refractivity contribution < 1.29 is 0 Å². The largest absolute Gasteiger partial charge is 0.329 e. The normalized spacial score (nSPS) is 20.9. The molecule has 0 radical (unpaired) electrons. The van der Waals surface area contributed by atoms with E-state index in [4.69, 9.17) is 5.73 Å². The monoisotopic (exact) mass is 261 g/mol. The highest BCUT2D eigenvalue weighted by molar-refractivity contribution is 5.21. The van der Waals surface area contributed by atoms with E-state index >= 15 is 0 Å². The highest BCUT2D eigenvalue weighted by Gasteiger charge is 2.22. The zero-order valence-corrected chi connectivity index (χ0v) is 12.3. The molecule has 106 valence electrons. The van der Waals surface area contributed by atoms with Gasteiger partial charge in [-0.1, -0.05) is 29.8 Å². The van der Waals surface area contributed by atoms with Crippen molar-refractivity contribution in [3.63, 3.8) is 0 Å². The van der Waals surface area contributed by atoms with E-state index in [0.29, 0.717) is 6.04 Å². The minimum atomic E-state index is 0.669. The van der Waals surface area contributed by atoms with Gasteiger partial charge in [-0.2, -0.15) is 0 Å². The Kier molecular flexibility index (Phi) is 5.37. The highest BCUT2D eigenvalue weighted by atomic mass is 15.2. The SMILES string of the molecule is Cc1ccc(CN2CCCC(N(C)CCN)C2)cc1. The second-order valence-electron chi connectivity index (χ2n) is 5.79. The smallest absolute Gasteiger partial charge is 0.0234 e. The van der Waals surface area contributed by atoms with Crippen molar-refractivity contribution in [1.29, 1.82) is 0 Å². The third-order valence-electron chi connectivity index (χ3n) is 4.11. The summed E-state index contributed by atoms with van der Waals surface area (Å²) in [5.41, 5.74) is 8.41. The molecule has 3 nitrogen and oxygen atoms in total. The fourth-order valence-electron chi connectivity index (χ4n) is 2.87. The second-order valence-corrected chi connectivity index (χ2v) is 5.79. The first-order chi connectivity index (χ1) is 9.19. The van der Waals surface area contributed by atoms with Gasteiger partial charge in [-0.05, 0) is 38.9 Å². The van der Waals surface area contributed by atoms with E-state index in [1.54, 1.807) is 0 Å². The van der Waals surface area contributed by atoms with Gasteiger partial charge in [0.2, 0.25) is 0 Å². The van der Waals surface area contributed by atoms with E-state index in [-0.39, 0.29) is 0 Å². The van der Waals surface area contributed by atoms with E-state index < -0.39 is 0 Å². The second kappa shape index (κ2) is 7.04. The average Bonchev–Trinajstić information content (AvgIpc) is 2.42. The molecule has 19 heavy (non-hydrogen) atoms. The van der Waals surface area contributed by atoms with Gasteiger partial charge < -0.3 is 10.6 Å². The number of hydrogen-bond acceptors (Lipinski definition) is 3. The van der Waals surface area contributed by atoms with Gasteiger partial charge in [-0.15, -0.1) is 0 Å². The van der Waals surface area contributed by atoms with Crippen molar-refractivity contribution in [3.8, 4) is 0 Å². The van der Waals surface area contributed by atoms with Gasteiger partial charge in [0.1, 0.15) is 0 Å². The van der Waals surface area contributed by atoms with Crippen LogP contribution in [0.4, 0.5) is 0 Å². The summed E-state index contributed by atoms with van der Waals surface area (Å²) < 4.78 is 0. The molecule has 1 aliphatic heterocycles. The average molecular weight is 261 g/mol. The van der Waals surface area contributed by atoms with Crippen LogP contribution in [0.5, 0.6) is 0 Å². The summed E-state index contributed by atoms with van der Waals surface area (Å²) in [4.78, 5) is 4.99. The third kappa shape index (κ3) is 4.30. The molecular weight excluding hydrogens is 234 g/mol. The first kappa shape index (κ1) is 14.5. The van der Waals surface area contributed by atoms with Gasteiger partial charge in [-0.3, -0.25) is 4.90 Å². The van der Waals surface area contributed by atoms with Crippen LogP contribution in [0.3, 0.4) is 0 Å². The Balaban J connectivity index is 1.88. The van der Waals surface area contributed by atoms with Crippen molar-refractivity contribution in [2.45, 2.75) is 32.4 Å². The predicted octanol–water partition coefficient (Wildman–Crippen LogP) is 1.85. The topological polar surface area (TPSA) is 32.5 Å². The van der Waals surface area contributed by atoms with Gasteiger partial charge in [0.15, 0.2) is 0 Å². The van der Waals surface area contributed by atoms with Crippen LogP contribution in [0.25, 0.3) is 0 Å². The molecule has 0 bridgehead atoms. The van der Waals surface area contributed by atoms with Crippen LogP contribution >= 0.6 is 0 Å². The maximum Gasteiger partial charge on any atom is 0.0234 e. The van der Waals surface area contributed by atoms with Crippen LogP contribution < -0.4 is 5.73 Å². The van der Waals surface area contributed by atoms with Crippen molar-refractivity contribution in [1.82, 2.24) is 9.80 Å². The summed E-state index contributed by atoms with van der Waals surface area (Å²) in [6.07, 6.45) is 2.60. The van der Waals surface area contributed by atoms with E-state index in [9.17, 15) is 0 Å². The molecular formula is C16H27N3. The number of rotatable bonds is 5. The number of hydrogen-bond donors (Lipinski definition) is 1. The fourth-order valence-corrected chi connectivity index (χ4v) is 2.87. The quantitative estimate of drug-likeness (QED) is 0.878. The molecule has 2 rings (SSSR count). The van der Waals surface area contributed by atoms with E-state index in [2.05, 4.69) is 48.0 Å². The zero-order chi connectivity index (χ0) is 13.7. The molecule has 1 saturated heterocycles. The van der Waals surface area contributed by atoms with Crippen LogP contribution in [0.2, 0.25) is 0 Å².